The molecule has 2 N–H and O–H groups in total. The van der Waals surface area contributed by atoms with Gasteiger partial charge in [0, 0.05) is 26.2 Å². The molecule has 0 radical (unpaired) electrons. The molecule has 122 valence electrons. The molecule has 0 aromatic rings. The molecule has 1 saturated heterocycles. The van der Waals surface area contributed by atoms with E-state index in [1.165, 1.54) is 0 Å². The minimum Gasteiger partial charge on any atom is -0.481 e. The first-order valence-corrected chi connectivity index (χ1v) is 7.66. The van der Waals surface area contributed by atoms with Crippen LogP contribution in [0.5, 0.6) is 0 Å². The number of amides is 2. The Morgan fingerprint density at radius 1 is 1.48 bits per heavy atom. The summed E-state index contributed by atoms with van der Waals surface area (Å²) in [7, 11) is 0. The summed E-state index contributed by atoms with van der Waals surface area (Å²) >= 11 is 0. The molecule has 1 heterocycles. The average Bonchev–Trinajstić information content (AvgIpc) is 2.45. The second kappa shape index (κ2) is 7.64. The van der Waals surface area contributed by atoms with Gasteiger partial charge >= 0.3 is 12.0 Å². The first-order valence-electron chi connectivity index (χ1n) is 7.66. The van der Waals surface area contributed by atoms with Gasteiger partial charge in [0.2, 0.25) is 0 Å². The minimum absolute atomic E-state index is 0.0150. The third-order valence-electron chi connectivity index (χ3n) is 4.27. The van der Waals surface area contributed by atoms with Gasteiger partial charge in [-0.15, -0.1) is 0 Å². The van der Waals surface area contributed by atoms with Crippen LogP contribution < -0.4 is 5.32 Å². The van der Waals surface area contributed by atoms with Crippen molar-refractivity contribution in [1.29, 1.82) is 0 Å². The number of likely N-dealkylation sites (tertiary alicyclic amines) is 1. The zero-order valence-corrected chi connectivity index (χ0v) is 13.5. The number of carbonyl (C=O) groups excluding carboxylic acids is 1. The van der Waals surface area contributed by atoms with Crippen molar-refractivity contribution in [1.82, 2.24) is 10.2 Å². The SMILES string of the molecule is CCOC(C)CNC(=O)N1CCCC(C(C)(C)C(=O)O)C1. The molecule has 1 aliphatic rings. The highest BCUT2D eigenvalue weighted by molar-refractivity contribution is 5.76. The van der Waals surface area contributed by atoms with E-state index in [4.69, 9.17) is 4.74 Å². The largest absolute Gasteiger partial charge is 0.481 e. The number of nitrogens with one attached hydrogen (secondary N) is 1. The Balaban J connectivity index is 2.52. The second-order valence-corrected chi connectivity index (χ2v) is 6.26. The molecule has 6 nitrogen and oxygen atoms in total. The normalized spacial score (nSPS) is 21.0. The van der Waals surface area contributed by atoms with E-state index < -0.39 is 11.4 Å². The number of hydrogen-bond donors (Lipinski definition) is 2. The van der Waals surface area contributed by atoms with E-state index in [0.29, 0.717) is 26.2 Å². The molecule has 1 aliphatic heterocycles. The number of rotatable bonds is 6. The van der Waals surface area contributed by atoms with Gasteiger partial charge in [0.05, 0.1) is 11.5 Å². The Kier molecular flexibility index (Phi) is 6.45. The predicted molar refractivity (Wildman–Crippen MR) is 80.2 cm³/mol. The highest BCUT2D eigenvalue weighted by atomic mass is 16.5. The molecule has 2 atom stereocenters. The third-order valence-corrected chi connectivity index (χ3v) is 4.27. The van der Waals surface area contributed by atoms with Crippen LogP contribution in [-0.4, -0.2) is 54.4 Å². The van der Waals surface area contributed by atoms with Crippen molar-refractivity contribution in [3.05, 3.63) is 0 Å². The lowest BCUT2D eigenvalue weighted by molar-refractivity contribution is -0.151. The number of carboxylic acids is 1. The average molecular weight is 300 g/mol. The summed E-state index contributed by atoms with van der Waals surface area (Å²) in [6.45, 7) is 9.57. The standard InChI is InChI=1S/C15H28N2O4/c1-5-21-11(2)9-16-14(20)17-8-6-7-12(10-17)15(3,4)13(18)19/h11-12H,5-10H2,1-4H3,(H,16,20)(H,18,19). The Morgan fingerprint density at radius 3 is 2.71 bits per heavy atom. The maximum Gasteiger partial charge on any atom is 0.317 e. The third kappa shape index (κ3) is 4.88. The van der Waals surface area contributed by atoms with Gasteiger partial charge in [-0.05, 0) is 46.5 Å². The predicted octanol–water partition coefficient (Wildman–Crippen LogP) is 1.94. The van der Waals surface area contributed by atoms with Crippen LogP contribution in [0.25, 0.3) is 0 Å². The van der Waals surface area contributed by atoms with Crippen molar-refractivity contribution in [3.63, 3.8) is 0 Å². The van der Waals surface area contributed by atoms with Crippen molar-refractivity contribution in [2.24, 2.45) is 11.3 Å². The van der Waals surface area contributed by atoms with E-state index in [2.05, 4.69) is 5.32 Å². The van der Waals surface area contributed by atoms with Crippen molar-refractivity contribution >= 4 is 12.0 Å². The van der Waals surface area contributed by atoms with Gasteiger partial charge in [0.1, 0.15) is 0 Å². The van der Waals surface area contributed by atoms with Gasteiger partial charge in [-0.2, -0.15) is 0 Å². The number of ether oxygens (including phenoxy) is 1. The van der Waals surface area contributed by atoms with Crippen LogP contribution in [0, 0.1) is 11.3 Å². The first-order chi connectivity index (χ1) is 9.78. The van der Waals surface area contributed by atoms with Crippen LogP contribution in [0.15, 0.2) is 0 Å². The number of piperidine rings is 1. The Labute approximate surface area is 126 Å². The smallest absolute Gasteiger partial charge is 0.317 e. The van der Waals surface area contributed by atoms with Crippen molar-refractivity contribution in [2.75, 3.05) is 26.2 Å². The molecule has 0 bridgehead atoms. The van der Waals surface area contributed by atoms with Crippen LogP contribution in [0.2, 0.25) is 0 Å². The highest BCUT2D eigenvalue weighted by Crippen LogP contribution is 2.34. The number of urea groups is 1. The van der Waals surface area contributed by atoms with E-state index >= 15 is 0 Å². The second-order valence-electron chi connectivity index (χ2n) is 6.26. The van der Waals surface area contributed by atoms with Gasteiger partial charge in [-0.1, -0.05) is 0 Å². The molecule has 21 heavy (non-hydrogen) atoms. The molecule has 0 spiro atoms. The highest BCUT2D eigenvalue weighted by Gasteiger charge is 2.39. The molecule has 0 aliphatic carbocycles. The summed E-state index contributed by atoms with van der Waals surface area (Å²) in [4.78, 5) is 25.2. The van der Waals surface area contributed by atoms with Gasteiger partial charge < -0.3 is 20.1 Å². The monoisotopic (exact) mass is 300 g/mol. The molecule has 6 heteroatoms. The van der Waals surface area contributed by atoms with Gasteiger partial charge in [0.25, 0.3) is 0 Å². The Bertz CT molecular complexity index is 371. The number of hydrogen-bond acceptors (Lipinski definition) is 3. The summed E-state index contributed by atoms with van der Waals surface area (Å²) in [6, 6.07) is -0.132. The summed E-state index contributed by atoms with van der Waals surface area (Å²) in [6.07, 6.45) is 1.67. The Morgan fingerprint density at radius 2 is 2.14 bits per heavy atom. The minimum atomic E-state index is -0.808. The molecular weight excluding hydrogens is 272 g/mol. The van der Waals surface area contributed by atoms with E-state index in [-0.39, 0.29) is 18.1 Å². The van der Waals surface area contributed by atoms with Crippen molar-refractivity contribution < 1.29 is 19.4 Å². The van der Waals surface area contributed by atoms with E-state index in [0.717, 1.165) is 12.8 Å². The van der Waals surface area contributed by atoms with Crippen molar-refractivity contribution in [3.8, 4) is 0 Å². The lowest BCUT2D eigenvalue weighted by Gasteiger charge is -2.39. The van der Waals surface area contributed by atoms with Gasteiger partial charge in [-0.3, -0.25) is 4.79 Å². The molecule has 1 fully saturated rings. The van der Waals surface area contributed by atoms with Crippen LogP contribution >= 0.6 is 0 Å². The first kappa shape index (κ1) is 17.8. The zero-order valence-electron chi connectivity index (χ0n) is 13.5. The molecule has 2 amide bonds. The molecule has 0 saturated carbocycles. The molecule has 0 aromatic carbocycles. The lowest BCUT2D eigenvalue weighted by Crippen LogP contribution is -2.50. The summed E-state index contributed by atoms with van der Waals surface area (Å²) in [5, 5.41) is 12.2. The van der Waals surface area contributed by atoms with Crippen molar-refractivity contribution in [2.45, 2.75) is 46.6 Å². The topological polar surface area (TPSA) is 78.9 Å². The summed E-state index contributed by atoms with van der Waals surface area (Å²) in [5.74, 6) is -0.821. The quantitative estimate of drug-likeness (QED) is 0.786. The van der Waals surface area contributed by atoms with Gasteiger partial charge in [-0.25, -0.2) is 4.79 Å². The molecule has 0 aromatic heterocycles. The van der Waals surface area contributed by atoms with Crippen LogP contribution in [-0.2, 0) is 9.53 Å². The maximum absolute atomic E-state index is 12.2. The van der Waals surface area contributed by atoms with Crippen LogP contribution in [0.3, 0.4) is 0 Å². The van der Waals surface area contributed by atoms with Gasteiger partial charge in [0.15, 0.2) is 0 Å². The summed E-state index contributed by atoms with van der Waals surface area (Å²) in [5.41, 5.74) is -0.808. The van der Waals surface area contributed by atoms with Crippen LogP contribution in [0.4, 0.5) is 4.79 Å². The summed E-state index contributed by atoms with van der Waals surface area (Å²) < 4.78 is 5.38. The number of carbonyl (C=O) groups is 2. The van der Waals surface area contributed by atoms with E-state index in [1.54, 1.807) is 18.7 Å². The van der Waals surface area contributed by atoms with E-state index in [9.17, 15) is 14.7 Å². The fraction of sp³-hybridized carbons (Fsp3) is 0.867. The Hall–Kier alpha value is -1.30. The zero-order chi connectivity index (χ0) is 16.0. The van der Waals surface area contributed by atoms with Crippen LogP contribution in [0.1, 0.15) is 40.5 Å². The number of aliphatic carboxylic acids is 1. The number of carboxylic acid groups (broad SMARTS) is 1. The molecular formula is C15H28N2O4. The fourth-order valence-corrected chi connectivity index (χ4v) is 2.61. The lowest BCUT2D eigenvalue weighted by atomic mass is 9.74. The molecule has 1 rings (SSSR count). The molecule has 2 unspecified atom stereocenters. The maximum atomic E-state index is 12.2. The van der Waals surface area contributed by atoms with E-state index in [1.807, 2.05) is 13.8 Å². The number of nitrogens with zero attached hydrogens (tertiary/aromatic N) is 1. The fourth-order valence-electron chi connectivity index (χ4n) is 2.61.